The van der Waals surface area contributed by atoms with Crippen LogP contribution in [0.5, 0.6) is 0 Å². The molecule has 1 heterocycles. The number of amides is 4. The second kappa shape index (κ2) is 5.14. The van der Waals surface area contributed by atoms with Crippen molar-refractivity contribution in [3.63, 3.8) is 0 Å². The number of nitrogens with one attached hydrogen (secondary N) is 2. The van der Waals surface area contributed by atoms with Crippen LogP contribution in [0.4, 0.5) is 4.79 Å². The number of urea groups is 1. The first-order chi connectivity index (χ1) is 7.91. The minimum absolute atomic E-state index is 0.168. The van der Waals surface area contributed by atoms with Crippen molar-refractivity contribution in [1.29, 1.82) is 0 Å². The summed E-state index contributed by atoms with van der Waals surface area (Å²) < 4.78 is 0. The van der Waals surface area contributed by atoms with Crippen LogP contribution in [0.2, 0.25) is 0 Å². The lowest BCUT2D eigenvalue weighted by Crippen LogP contribution is -2.61. The molecule has 0 saturated carbocycles. The van der Waals surface area contributed by atoms with Gasteiger partial charge in [0.2, 0.25) is 11.8 Å². The van der Waals surface area contributed by atoms with Gasteiger partial charge < -0.3 is 21.5 Å². The summed E-state index contributed by atoms with van der Waals surface area (Å²) >= 11 is 0. The van der Waals surface area contributed by atoms with Crippen molar-refractivity contribution >= 4 is 23.8 Å². The lowest BCUT2D eigenvalue weighted by Gasteiger charge is -2.32. The highest BCUT2D eigenvalue weighted by molar-refractivity contribution is 5.91. The molecule has 1 rings (SSSR count). The minimum atomic E-state index is -1.24. The van der Waals surface area contributed by atoms with Crippen molar-refractivity contribution in [3.8, 4) is 0 Å². The minimum Gasteiger partial charge on any atom is -0.480 e. The Hall–Kier alpha value is -2.32. The molecule has 94 valence electrons. The molecular formula is C8H12N4O5. The number of carboxylic acids is 1. The van der Waals surface area contributed by atoms with Crippen LogP contribution in [0.25, 0.3) is 0 Å². The Morgan fingerprint density at radius 1 is 1.53 bits per heavy atom. The maximum absolute atomic E-state index is 11.5. The van der Waals surface area contributed by atoms with Gasteiger partial charge in [-0.25, -0.2) is 9.59 Å². The van der Waals surface area contributed by atoms with Gasteiger partial charge in [-0.15, -0.1) is 0 Å². The van der Waals surface area contributed by atoms with Crippen LogP contribution < -0.4 is 16.4 Å². The molecule has 1 atom stereocenters. The number of carbonyl (C=O) groups is 4. The van der Waals surface area contributed by atoms with Gasteiger partial charge in [0.25, 0.3) is 0 Å². The molecule has 1 saturated heterocycles. The summed E-state index contributed by atoms with van der Waals surface area (Å²) in [6.45, 7) is -0.955. The van der Waals surface area contributed by atoms with E-state index in [4.69, 9.17) is 10.8 Å². The smallest absolute Gasteiger partial charge is 0.328 e. The number of carbonyl (C=O) groups excluding carboxylic acids is 3. The van der Waals surface area contributed by atoms with Gasteiger partial charge in [-0.05, 0) is 0 Å². The summed E-state index contributed by atoms with van der Waals surface area (Å²) in [5.41, 5.74) is 4.82. The predicted octanol–water partition coefficient (Wildman–Crippen LogP) is -2.93. The highest BCUT2D eigenvalue weighted by Crippen LogP contribution is 2.04. The van der Waals surface area contributed by atoms with E-state index in [1.165, 1.54) is 0 Å². The Labute approximate surface area is 95.9 Å². The van der Waals surface area contributed by atoms with E-state index in [2.05, 4.69) is 10.6 Å². The zero-order valence-electron chi connectivity index (χ0n) is 8.80. The molecule has 4 amide bonds. The lowest BCUT2D eigenvalue weighted by molar-refractivity contribution is -0.144. The van der Waals surface area contributed by atoms with Crippen LogP contribution in [-0.4, -0.2) is 59.5 Å². The van der Waals surface area contributed by atoms with E-state index in [0.717, 1.165) is 4.90 Å². The number of hydrogen-bond donors (Lipinski definition) is 4. The number of nitrogens with two attached hydrogens (primary N) is 1. The molecule has 1 aliphatic rings. The Bertz CT molecular complexity index is 369. The number of nitrogens with zero attached hydrogens (tertiary/aromatic N) is 1. The number of carboxylic acid groups (broad SMARTS) is 1. The van der Waals surface area contributed by atoms with E-state index >= 15 is 0 Å². The number of rotatable bonds is 3. The molecule has 0 spiro atoms. The van der Waals surface area contributed by atoms with E-state index in [0.29, 0.717) is 0 Å². The second-order valence-corrected chi connectivity index (χ2v) is 3.41. The molecule has 9 heteroatoms. The number of hydrogen-bond acceptors (Lipinski definition) is 4. The molecule has 0 bridgehead atoms. The quantitative estimate of drug-likeness (QED) is 0.420. The summed E-state index contributed by atoms with van der Waals surface area (Å²) in [6.07, 6.45) is 0. The number of piperazine rings is 1. The van der Waals surface area contributed by atoms with Crippen molar-refractivity contribution in [1.82, 2.24) is 15.5 Å². The lowest BCUT2D eigenvalue weighted by atomic mass is 10.2. The van der Waals surface area contributed by atoms with Crippen LogP contribution in [-0.2, 0) is 14.4 Å². The van der Waals surface area contributed by atoms with Crippen molar-refractivity contribution in [2.75, 3.05) is 19.6 Å². The molecule has 1 aliphatic heterocycles. The average Bonchev–Trinajstić information content (AvgIpc) is 2.25. The molecule has 0 aromatic carbocycles. The van der Waals surface area contributed by atoms with E-state index in [1.807, 2.05) is 0 Å². The number of aliphatic carboxylic acids is 1. The fraction of sp³-hybridized carbons (Fsp3) is 0.500. The molecular weight excluding hydrogens is 232 g/mol. The maximum Gasteiger partial charge on any atom is 0.328 e. The van der Waals surface area contributed by atoms with E-state index in [1.54, 1.807) is 0 Å². The van der Waals surface area contributed by atoms with E-state index < -0.39 is 36.4 Å². The van der Waals surface area contributed by atoms with Crippen molar-refractivity contribution in [3.05, 3.63) is 0 Å². The SMILES string of the molecule is NC(=O)CNC(=O)N1CC(=O)NCC1C(=O)O. The largest absolute Gasteiger partial charge is 0.480 e. The first-order valence-corrected chi connectivity index (χ1v) is 4.74. The molecule has 9 nitrogen and oxygen atoms in total. The third-order valence-electron chi connectivity index (χ3n) is 2.14. The van der Waals surface area contributed by atoms with Crippen molar-refractivity contribution in [2.24, 2.45) is 5.73 Å². The number of primary amides is 1. The predicted molar refractivity (Wildman–Crippen MR) is 53.7 cm³/mol. The summed E-state index contributed by atoms with van der Waals surface area (Å²) in [6, 6.07) is -1.97. The fourth-order valence-electron chi connectivity index (χ4n) is 1.34. The molecule has 0 radical (unpaired) electrons. The zero-order valence-corrected chi connectivity index (χ0v) is 8.80. The summed E-state index contributed by atoms with van der Waals surface area (Å²) in [5, 5.41) is 13.3. The van der Waals surface area contributed by atoms with Gasteiger partial charge in [-0.2, -0.15) is 0 Å². The fourth-order valence-corrected chi connectivity index (χ4v) is 1.34. The first-order valence-electron chi connectivity index (χ1n) is 4.74. The zero-order chi connectivity index (χ0) is 13.0. The van der Waals surface area contributed by atoms with Crippen LogP contribution in [0, 0.1) is 0 Å². The van der Waals surface area contributed by atoms with Crippen molar-refractivity contribution < 1.29 is 24.3 Å². The van der Waals surface area contributed by atoms with Gasteiger partial charge in [0.05, 0.1) is 6.54 Å². The van der Waals surface area contributed by atoms with E-state index in [9.17, 15) is 19.2 Å². The van der Waals surface area contributed by atoms with Crippen molar-refractivity contribution in [2.45, 2.75) is 6.04 Å². The first kappa shape index (κ1) is 12.7. The highest BCUT2D eigenvalue weighted by Gasteiger charge is 2.35. The average molecular weight is 244 g/mol. The van der Waals surface area contributed by atoms with Crippen LogP contribution in [0.3, 0.4) is 0 Å². The third-order valence-corrected chi connectivity index (χ3v) is 2.14. The maximum atomic E-state index is 11.5. The Kier molecular flexibility index (Phi) is 3.86. The molecule has 0 aromatic rings. The standard InChI is InChI=1S/C8H12N4O5/c9-5(13)2-11-8(17)12-3-6(14)10-1-4(12)7(15)16/h4H,1-3H2,(H2,9,13)(H,10,14)(H,11,17)(H,15,16). The molecule has 5 N–H and O–H groups in total. The summed E-state index contributed by atoms with van der Waals surface area (Å²) in [7, 11) is 0. The third kappa shape index (κ3) is 3.33. The summed E-state index contributed by atoms with van der Waals surface area (Å²) in [5.74, 6) is -2.46. The van der Waals surface area contributed by atoms with Gasteiger partial charge in [0, 0.05) is 6.54 Å². The molecule has 1 fully saturated rings. The Morgan fingerprint density at radius 3 is 2.71 bits per heavy atom. The van der Waals surface area contributed by atoms with Gasteiger partial charge >= 0.3 is 12.0 Å². The molecule has 0 aromatic heterocycles. The van der Waals surface area contributed by atoms with Gasteiger partial charge in [-0.3, -0.25) is 14.5 Å². The van der Waals surface area contributed by atoms with Crippen LogP contribution >= 0.6 is 0 Å². The van der Waals surface area contributed by atoms with E-state index in [-0.39, 0.29) is 13.1 Å². The van der Waals surface area contributed by atoms with Gasteiger partial charge in [0.1, 0.15) is 12.6 Å². The normalized spacial score (nSPS) is 19.4. The Morgan fingerprint density at radius 2 is 2.18 bits per heavy atom. The molecule has 1 unspecified atom stereocenters. The molecule has 17 heavy (non-hydrogen) atoms. The van der Waals surface area contributed by atoms with Gasteiger partial charge in [-0.1, -0.05) is 0 Å². The summed E-state index contributed by atoms with van der Waals surface area (Å²) in [4.78, 5) is 44.7. The van der Waals surface area contributed by atoms with Gasteiger partial charge in [0.15, 0.2) is 0 Å². The topological polar surface area (TPSA) is 142 Å². The molecule has 0 aliphatic carbocycles. The highest BCUT2D eigenvalue weighted by atomic mass is 16.4. The van der Waals surface area contributed by atoms with Crippen LogP contribution in [0.15, 0.2) is 0 Å². The monoisotopic (exact) mass is 244 g/mol. The second-order valence-electron chi connectivity index (χ2n) is 3.41. The van der Waals surface area contributed by atoms with Crippen LogP contribution in [0.1, 0.15) is 0 Å². The Balaban J connectivity index is 2.68.